The molecule has 3 N–H and O–H groups in total. The fourth-order valence-corrected chi connectivity index (χ4v) is 3.92. The smallest absolute Gasteiger partial charge is 0.255 e. The van der Waals surface area contributed by atoms with Crippen LogP contribution in [0, 0.1) is 5.82 Å². The van der Waals surface area contributed by atoms with Crippen molar-refractivity contribution in [3.05, 3.63) is 52.8 Å². The van der Waals surface area contributed by atoms with Crippen LogP contribution in [0.15, 0.2) is 36.4 Å². The van der Waals surface area contributed by atoms with Crippen LogP contribution in [0.4, 0.5) is 10.1 Å². The number of hydrogen-bond acceptors (Lipinski definition) is 6. The van der Waals surface area contributed by atoms with Gasteiger partial charge in [-0.1, -0.05) is 11.6 Å². The molecule has 0 aliphatic carbocycles. The fraction of sp³-hybridized carbons (Fsp3) is 0.435. The molecule has 9 heteroatoms. The van der Waals surface area contributed by atoms with Crippen LogP contribution in [0.25, 0.3) is 0 Å². The summed E-state index contributed by atoms with van der Waals surface area (Å²) in [5.74, 6) is 0.463. The normalized spacial score (nSPS) is 18.9. The molecule has 1 aliphatic rings. The summed E-state index contributed by atoms with van der Waals surface area (Å²) in [6, 6.07) is 8.92. The number of nitrogen functional groups attached to an aromatic ring is 1. The van der Waals surface area contributed by atoms with Crippen molar-refractivity contribution in [3.8, 4) is 11.5 Å². The molecule has 0 aromatic heterocycles. The molecule has 1 amide bonds. The average molecular weight is 466 g/mol. The molecule has 1 aliphatic heterocycles. The second kappa shape index (κ2) is 11.4. The van der Waals surface area contributed by atoms with E-state index in [9.17, 15) is 9.18 Å². The number of amides is 1. The number of rotatable bonds is 9. The third kappa shape index (κ3) is 6.25. The third-order valence-corrected chi connectivity index (χ3v) is 5.85. The van der Waals surface area contributed by atoms with Crippen LogP contribution in [0.2, 0.25) is 5.02 Å². The Morgan fingerprint density at radius 2 is 2.03 bits per heavy atom. The van der Waals surface area contributed by atoms with Crippen molar-refractivity contribution >= 4 is 23.2 Å². The number of nitrogens with one attached hydrogen (secondary N) is 1. The van der Waals surface area contributed by atoms with Gasteiger partial charge in [0.1, 0.15) is 17.3 Å². The van der Waals surface area contributed by atoms with Crippen LogP contribution in [0.5, 0.6) is 11.5 Å². The summed E-state index contributed by atoms with van der Waals surface area (Å²) < 4.78 is 29.5. The molecule has 3 rings (SSSR count). The Morgan fingerprint density at radius 1 is 1.28 bits per heavy atom. The summed E-state index contributed by atoms with van der Waals surface area (Å²) in [5, 5.41) is 3.35. The van der Waals surface area contributed by atoms with Gasteiger partial charge >= 0.3 is 0 Å². The molecule has 174 valence electrons. The monoisotopic (exact) mass is 465 g/mol. The third-order valence-electron chi connectivity index (χ3n) is 5.53. The van der Waals surface area contributed by atoms with Crippen molar-refractivity contribution in [2.24, 2.45) is 0 Å². The van der Waals surface area contributed by atoms with E-state index in [0.29, 0.717) is 40.9 Å². The van der Waals surface area contributed by atoms with E-state index in [0.717, 1.165) is 25.9 Å². The van der Waals surface area contributed by atoms with Crippen molar-refractivity contribution in [1.82, 2.24) is 10.2 Å². The first kappa shape index (κ1) is 24.1. The number of likely N-dealkylation sites (tertiary alicyclic amines) is 1. The molecule has 2 atom stereocenters. The number of nitrogens with two attached hydrogens (primary N) is 1. The largest absolute Gasteiger partial charge is 0.496 e. The van der Waals surface area contributed by atoms with Gasteiger partial charge in [-0.3, -0.25) is 4.79 Å². The van der Waals surface area contributed by atoms with E-state index in [4.69, 9.17) is 31.5 Å². The lowest BCUT2D eigenvalue weighted by molar-refractivity contribution is 0.00527. The summed E-state index contributed by atoms with van der Waals surface area (Å²) in [4.78, 5) is 15.1. The Hall–Kier alpha value is -2.55. The van der Waals surface area contributed by atoms with Gasteiger partial charge in [-0.2, -0.15) is 0 Å². The molecule has 0 radical (unpaired) electrons. The SMILES string of the molecule is COc1cc(N)c(Cl)cc1C(=O)NC1CCN(CCCOc2ccc(F)cc2)C[C@H]1OC. The zero-order valence-electron chi connectivity index (χ0n) is 18.3. The number of halogens is 2. The van der Waals surface area contributed by atoms with Crippen LogP contribution in [0.3, 0.4) is 0 Å². The number of ether oxygens (including phenoxy) is 3. The molecule has 0 bridgehead atoms. The van der Waals surface area contributed by atoms with Crippen LogP contribution < -0.4 is 20.5 Å². The van der Waals surface area contributed by atoms with Crippen LogP contribution in [-0.2, 0) is 4.74 Å². The second-order valence-electron chi connectivity index (χ2n) is 7.67. The number of benzene rings is 2. The first-order valence-corrected chi connectivity index (χ1v) is 10.9. The quantitative estimate of drug-likeness (QED) is 0.436. The highest BCUT2D eigenvalue weighted by molar-refractivity contribution is 6.33. The first-order valence-electron chi connectivity index (χ1n) is 10.5. The number of anilines is 1. The van der Waals surface area contributed by atoms with Gasteiger partial charge in [0.15, 0.2) is 0 Å². The molecule has 2 aromatic carbocycles. The minimum absolute atomic E-state index is 0.139. The number of carbonyl (C=O) groups excluding carboxylic acids is 1. The van der Waals surface area contributed by atoms with Crippen molar-refractivity contribution in [1.29, 1.82) is 0 Å². The lowest BCUT2D eigenvalue weighted by Gasteiger charge is -2.38. The highest BCUT2D eigenvalue weighted by Gasteiger charge is 2.31. The minimum Gasteiger partial charge on any atom is -0.496 e. The van der Waals surface area contributed by atoms with Gasteiger partial charge in [0.2, 0.25) is 0 Å². The maximum absolute atomic E-state index is 12.9. The molecule has 0 saturated carbocycles. The summed E-state index contributed by atoms with van der Waals surface area (Å²) in [5.41, 5.74) is 6.49. The number of methoxy groups -OCH3 is 2. The van der Waals surface area contributed by atoms with Crippen LogP contribution >= 0.6 is 11.6 Å². The van der Waals surface area contributed by atoms with Gasteiger partial charge in [-0.25, -0.2) is 4.39 Å². The van der Waals surface area contributed by atoms with E-state index in [-0.39, 0.29) is 23.9 Å². The van der Waals surface area contributed by atoms with E-state index < -0.39 is 0 Å². The van der Waals surface area contributed by atoms with Gasteiger partial charge in [0.25, 0.3) is 5.91 Å². The molecule has 0 spiro atoms. The molecular weight excluding hydrogens is 437 g/mol. The molecule has 1 heterocycles. The highest BCUT2D eigenvalue weighted by atomic mass is 35.5. The topological polar surface area (TPSA) is 86.0 Å². The molecule has 1 unspecified atom stereocenters. The Kier molecular flexibility index (Phi) is 8.55. The van der Waals surface area contributed by atoms with Crippen molar-refractivity contribution in [3.63, 3.8) is 0 Å². The predicted molar refractivity (Wildman–Crippen MR) is 122 cm³/mol. The minimum atomic E-state index is -0.282. The lowest BCUT2D eigenvalue weighted by Crippen LogP contribution is -2.55. The number of piperidine rings is 1. The number of hydrogen-bond donors (Lipinski definition) is 2. The van der Waals surface area contributed by atoms with Crippen molar-refractivity contribution in [2.75, 3.05) is 46.2 Å². The molecular formula is C23H29ClFN3O4. The average Bonchev–Trinajstić information content (AvgIpc) is 2.80. The van der Waals surface area contributed by atoms with Crippen LogP contribution in [0.1, 0.15) is 23.2 Å². The molecule has 7 nitrogen and oxygen atoms in total. The van der Waals surface area contributed by atoms with Gasteiger partial charge in [0.05, 0.1) is 42.1 Å². The first-order chi connectivity index (χ1) is 15.4. The Balaban J connectivity index is 1.49. The zero-order chi connectivity index (χ0) is 23.1. The van der Waals surface area contributed by atoms with Gasteiger partial charge in [0, 0.05) is 32.8 Å². The summed E-state index contributed by atoms with van der Waals surface area (Å²) in [6.07, 6.45) is 1.42. The Morgan fingerprint density at radius 3 is 2.72 bits per heavy atom. The van der Waals surface area contributed by atoms with E-state index >= 15 is 0 Å². The second-order valence-corrected chi connectivity index (χ2v) is 8.08. The van der Waals surface area contributed by atoms with Gasteiger partial charge in [-0.05, 0) is 43.2 Å². The van der Waals surface area contributed by atoms with Crippen LogP contribution in [-0.4, -0.2) is 63.4 Å². The van der Waals surface area contributed by atoms with Gasteiger partial charge in [-0.15, -0.1) is 0 Å². The van der Waals surface area contributed by atoms with Gasteiger partial charge < -0.3 is 30.2 Å². The lowest BCUT2D eigenvalue weighted by atomic mass is 10.0. The van der Waals surface area contributed by atoms with E-state index in [2.05, 4.69) is 10.2 Å². The van der Waals surface area contributed by atoms with E-state index in [1.54, 1.807) is 25.3 Å². The Bertz CT molecular complexity index is 913. The molecule has 1 fully saturated rings. The summed E-state index contributed by atoms with van der Waals surface area (Å²) in [6.45, 7) is 2.89. The summed E-state index contributed by atoms with van der Waals surface area (Å²) in [7, 11) is 3.13. The summed E-state index contributed by atoms with van der Waals surface area (Å²) >= 11 is 6.09. The maximum Gasteiger partial charge on any atom is 0.255 e. The number of nitrogens with zero attached hydrogens (tertiary/aromatic N) is 1. The Labute approximate surface area is 192 Å². The standard InChI is InChI=1S/C23H29ClFN3O4/c1-30-21-13-19(26)18(24)12-17(21)23(29)27-20-8-10-28(14-22(20)31-2)9-3-11-32-16-6-4-15(25)5-7-16/h4-7,12-13,20,22H,3,8-11,14,26H2,1-2H3,(H,27,29)/t20?,22-/m1/s1. The number of carbonyl (C=O) groups is 1. The maximum atomic E-state index is 12.9. The molecule has 32 heavy (non-hydrogen) atoms. The highest BCUT2D eigenvalue weighted by Crippen LogP contribution is 2.29. The van der Waals surface area contributed by atoms with E-state index in [1.807, 2.05) is 0 Å². The zero-order valence-corrected chi connectivity index (χ0v) is 19.0. The molecule has 1 saturated heterocycles. The van der Waals surface area contributed by atoms with E-state index in [1.165, 1.54) is 25.3 Å². The fourth-order valence-electron chi connectivity index (χ4n) is 3.76. The van der Waals surface area contributed by atoms with Crippen molar-refractivity contribution in [2.45, 2.75) is 25.0 Å². The predicted octanol–water partition coefficient (Wildman–Crippen LogP) is 3.36. The van der Waals surface area contributed by atoms with Crippen molar-refractivity contribution < 1.29 is 23.4 Å². The molecule has 2 aromatic rings.